The number of nitrogens with two attached hydrogens (primary N) is 1. The second-order valence-corrected chi connectivity index (χ2v) is 10.9. The van der Waals surface area contributed by atoms with Crippen molar-refractivity contribution in [1.29, 1.82) is 0 Å². The minimum Gasteiger partial charge on any atom is -0.444 e. The number of ether oxygens (including phenoxy) is 1. The normalized spacial score (nSPS) is 13.1. The van der Waals surface area contributed by atoms with Crippen LogP contribution in [0.1, 0.15) is 49.7 Å². The van der Waals surface area contributed by atoms with Crippen molar-refractivity contribution >= 4 is 52.0 Å². The summed E-state index contributed by atoms with van der Waals surface area (Å²) in [6.07, 6.45) is 0.795. The maximum atomic E-state index is 14.2. The molecular weight excluding hydrogens is 543 g/mol. The Bertz CT molecular complexity index is 1480. The van der Waals surface area contributed by atoms with Gasteiger partial charge in [-0.2, -0.15) is 5.10 Å². The molecule has 212 valence electrons. The Kier molecular flexibility index (Phi) is 8.29. The van der Waals surface area contributed by atoms with Crippen LogP contribution < -0.4 is 16.4 Å². The molecule has 1 aliphatic rings. The van der Waals surface area contributed by atoms with E-state index in [-0.39, 0.29) is 42.0 Å². The van der Waals surface area contributed by atoms with Gasteiger partial charge in [0.25, 0.3) is 5.91 Å². The topological polar surface area (TPSA) is 149 Å². The minimum atomic E-state index is -0.782. The van der Waals surface area contributed by atoms with Gasteiger partial charge in [0.15, 0.2) is 5.69 Å². The van der Waals surface area contributed by atoms with Crippen LogP contribution in [-0.2, 0) is 27.4 Å². The quantitative estimate of drug-likeness (QED) is 0.357. The summed E-state index contributed by atoms with van der Waals surface area (Å²) in [7, 11) is 0. The van der Waals surface area contributed by atoms with Crippen molar-refractivity contribution in [2.45, 2.75) is 58.3 Å². The fraction of sp³-hybridized carbons (Fsp3) is 0.370. The molecule has 2 aromatic carbocycles. The van der Waals surface area contributed by atoms with Crippen LogP contribution in [0.3, 0.4) is 0 Å². The Morgan fingerprint density at radius 1 is 1.20 bits per heavy atom. The molecule has 0 radical (unpaired) electrons. The zero-order chi connectivity index (χ0) is 29.2. The average Bonchev–Trinajstić information content (AvgIpc) is 3.64. The summed E-state index contributed by atoms with van der Waals surface area (Å²) >= 11 is 5.80. The number of benzene rings is 2. The molecule has 3 aromatic rings. The van der Waals surface area contributed by atoms with Crippen molar-refractivity contribution in [3.05, 3.63) is 58.5 Å². The number of fused-ring (bicyclic) bond motifs is 1. The van der Waals surface area contributed by atoms with E-state index in [2.05, 4.69) is 15.7 Å². The molecule has 4 N–H and O–H groups in total. The summed E-state index contributed by atoms with van der Waals surface area (Å²) in [4.78, 5) is 51.7. The lowest BCUT2D eigenvalue weighted by molar-refractivity contribution is -0.137. The van der Waals surface area contributed by atoms with Crippen LogP contribution in [0.15, 0.2) is 36.4 Å². The van der Waals surface area contributed by atoms with Crippen molar-refractivity contribution in [2.24, 2.45) is 5.73 Å². The number of nitrogens with one attached hydrogen (secondary N) is 2. The largest absolute Gasteiger partial charge is 0.444 e. The molecule has 1 aliphatic carbocycles. The molecule has 11 nitrogen and oxygen atoms in total. The van der Waals surface area contributed by atoms with Gasteiger partial charge >= 0.3 is 6.09 Å². The molecular formula is C27H30ClFN6O5. The van der Waals surface area contributed by atoms with Crippen molar-refractivity contribution in [3.63, 3.8) is 0 Å². The highest BCUT2D eigenvalue weighted by Crippen LogP contribution is 2.28. The van der Waals surface area contributed by atoms with Crippen LogP contribution >= 0.6 is 11.6 Å². The van der Waals surface area contributed by atoms with Gasteiger partial charge in [-0.1, -0.05) is 23.7 Å². The first kappa shape index (κ1) is 28.8. The SMILES string of the molecule is CC(C)(C)OC(=O)Nc1ccc2c(C(N)=O)nn(CC(=O)N(CC(=O)NCc3cccc(Cl)c3F)C3CC3)c2c1. The molecule has 1 fully saturated rings. The number of rotatable bonds is 9. The number of hydrogen-bond donors (Lipinski definition) is 3. The lowest BCUT2D eigenvalue weighted by Gasteiger charge is -2.22. The second-order valence-electron chi connectivity index (χ2n) is 10.5. The van der Waals surface area contributed by atoms with Gasteiger partial charge in [-0.3, -0.25) is 24.4 Å². The Morgan fingerprint density at radius 3 is 2.58 bits per heavy atom. The van der Waals surface area contributed by atoms with Gasteiger partial charge in [0.05, 0.1) is 17.1 Å². The number of nitrogens with zero attached hydrogens (tertiary/aromatic N) is 3. The molecule has 40 heavy (non-hydrogen) atoms. The van der Waals surface area contributed by atoms with Crippen molar-refractivity contribution in [2.75, 3.05) is 11.9 Å². The van der Waals surface area contributed by atoms with Gasteiger partial charge in [0, 0.05) is 29.2 Å². The number of aromatic nitrogens is 2. The first-order valence-electron chi connectivity index (χ1n) is 12.6. The fourth-order valence-corrected chi connectivity index (χ4v) is 4.29. The van der Waals surface area contributed by atoms with E-state index in [1.165, 1.54) is 21.7 Å². The number of halogens is 2. The third kappa shape index (κ3) is 7.06. The van der Waals surface area contributed by atoms with E-state index in [0.29, 0.717) is 16.6 Å². The van der Waals surface area contributed by atoms with E-state index < -0.39 is 35.2 Å². The molecule has 1 saturated carbocycles. The van der Waals surface area contributed by atoms with Crippen LogP contribution in [0.2, 0.25) is 5.02 Å². The molecule has 1 aromatic heterocycles. The third-order valence-corrected chi connectivity index (χ3v) is 6.34. The standard InChI is InChI=1S/C27H30ClFN6O5/c1-27(2,3)40-26(39)32-16-7-10-18-20(11-16)35(33-24(18)25(30)38)14-22(37)34(17-8-9-17)13-21(36)31-12-15-5-4-6-19(28)23(15)29/h4-7,10-11,17H,8-9,12-14H2,1-3H3,(H2,30,38)(H,31,36)(H,32,39). The summed E-state index contributed by atoms with van der Waals surface area (Å²) in [5, 5.41) is 9.83. The fourth-order valence-electron chi connectivity index (χ4n) is 4.09. The summed E-state index contributed by atoms with van der Waals surface area (Å²) in [6, 6.07) is 9.07. The maximum Gasteiger partial charge on any atom is 0.412 e. The minimum absolute atomic E-state index is 0.0362. The summed E-state index contributed by atoms with van der Waals surface area (Å²) in [5.74, 6) is -2.27. The van der Waals surface area contributed by atoms with E-state index in [0.717, 1.165) is 12.8 Å². The van der Waals surface area contributed by atoms with E-state index in [9.17, 15) is 23.6 Å². The van der Waals surface area contributed by atoms with Crippen LogP contribution in [0.5, 0.6) is 0 Å². The highest BCUT2D eigenvalue weighted by molar-refractivity contribution is 6.30. The molecule has 13 heteroatoms. The lowest BCUT2D eigenvalue weighted by atomic mass is 10.2. The van der Waals surface area contributed by atoms with Crippen LogP contribution in [0.25, 0.3) is 10.9 Å². The highest BCUT2D eigenvalue weighted by atomic mass is 35.5. The molecule has 0 saturated heterocycles. The molecule has 0 aliphatic heterocycles. The van der Waals surface area contributed by atoms with Gasteiger partial charge in [-0.25, -0.2) is 9.18 Å². The Morgan fingerprint density at radius 2 is 1.93 bits per heavy atom. The number of primary amides is 1. The average molecular weight is 573 g/mol. The van der Waals surface area contributed by atoms with Crippen LogP contribution in [0, 0.1) is 5.82 Å². The third-order valence-electron chi connectivity index (χ3n) is 6.04. The van der Waals surface area contributed by atoms with E-state index in [1.54, 1.807) is 45.0 Å². The lowest BCUT2D eigenvalue weighted by Crippen LogP contribution is -2.43. The molecule has 1 heterocycles. The van der Waals surface area contributed by atoms with Gasteiger partial charge in [0.1, 0.15) is 18.0 Å². The molecule has 4 amide bonds. The van der Waals surface area contributed by atoms with Crippen LogP contribution in [-0.4, -0.2) is 56.7 Å². The predicted molar refractivity (Wildman–Crippen MR) is 146 cm³/mol. The molecule has 0 spiro atoms. The monoisotopic (exact) mass is 572 g/mol. The van der Waals surface area contributed by atoms with Gasteiger partial charge in [-0.05, 0) is 57.9 Å². The second kappa shape index (κ2) is 11.5. The smallest absolute Gasteiger partial charge is 0.412 e. The Hall–Kier alpha value is -4.19. The van der Waals surface area contributed by atoms with Crippen LogP contribution in [0.4, 0.5) is 14.9 Å². The van der Waals surface area contributed by atoms with Gasteiger partial charge in [-0.15, -0.1) is 0 Å². The number of amides is 4. The first-order valence-corrected chi connectivity index (χ1v) is 13.0. The van der Waals surface area contributed by atoms with E-state index >= 15 is 0 Å². The van der Waals surface area contributed by atoms with Gasteiger partial charge in [0.2, 0.25) is 11.8 Å². The predicted octanol–water partition coefficient (Wildman–Crippen LogP) is 3.58. The van der Waals surface area contributed by atoms with E-state index in [1.807, 2.05) is 0 Å². The summed E-state index contributed by atoms with van der Waals surface area (Å²) in [5.41, 5.74) is 5.73. The summed E-state index contributed by atoms with van der Waals surface area (Å²) < 4.78 is 20.8. The number of hydrogen-bond acceptors (Lipinski definition) is 6. The molecule has 4 rings (SSSR count). The Balaban J connectivity index is 1.50. The molecule has 0 atom stereocenters. The first-order chi connectivity index (χ1) is 18.8. The summed E-state index contributed by atoms with van der Waals surface area (Å²) in [6.45, 7) is 4.59. The highest BCUT2D eigenvalue weighted by Gasteiger charge is 2.34. The molecule has 0 unspecified atom stereocenters. The number of carbonyl (C=O) groups excluding carboxylic acids is 4. The van der Waals surface area contributed by atoms with Gasteiger partial charge < -0.3 is 20.7 Å². The van der Waals surface area contributed by atoms with Crippen molar-refractivity contribution in [1.82, 2.24) is 20.0 Å². The number of anilines is 1. The Labute approximate surface area is 234 Å². The van der Waals surface area contributed by atoms with E-state index in [4.69, 9.17) is 22.1 Å². The van der Waals surface area contributed by atoms with Crippen molar-refractivity contribution in [3.8, 4) is 0 Å². The van der Waals surface area contributed by atoms with Crippen molar-refractivity contribution < 1.29 is 28.3 Å². The number of carbonyl (C=O) groups is 4. The maximum absolute atomic E-state index is 14.2. The zero-order valence-electron chi connectivity index (χ0n) is 22.3. The zero-order valence-corrected chi connectivity index (χ0v) is 23.0. The molecule has 0 bridgehead atoms.